The standard InChI is InChI=1S/C20H18FNO2S/c1-13-7-14(2)9-17(8-13)22-20(23)19-10-15(12-25-19)11-24-18-5-3-16(21)4-6-18/h3-10,12H,11H2,1-2H3,(H,22,23). The summed E-state index contributed by atoms with van der Waals surface area (Å²) in [6, 6.07) is 13.6. The first-order chi connectivity index (χ1) is 12.0. The lowest BCUT2D eigenvalue weighted by molar-refractivity contribution is 0.103. The van der Waals surface area contributed by atoms with E-state index >= 15 is 0 Å². The van der Waals surface area contributed by atoms with Crippen LogP contribution in [0.25, 0.3) is 0 Å². The highest BCUT2D eigenvalue weighted by Gasteiger charge is 2.10. The maximum absolute atomic E-state index is 12.9. The molecule has 0 unspecified atom stereocenters. The van der Waals surface area contributed by atoms with Crippen LogP contribution in [0.15, 0.2) is 53.9 Å². The molecule has 0 fully saturated rings. The van der Waals surface area contributed by atoms with E-state index in [0.29, 0.717) is 17.2 Å². The molecule has 2 aromatic carbocycles. The number of rotatable bonds is 5. The number of anilines is 1. The van der Waals surface area contributed by atoms with Crippen LogP contribution >= 0.6 is 11.3 Å². The number of ether oxygens (including phenoxy) is 1. The van der Waals surface area contributed by atoms with Crippen LogP contribution in [0.3, 0.4) is 0 Å². The molecule has 0 saturated heterocycles. The predicted octanol–water partition coefficient (Wildman–Crippen LogP) is 5.34. The quantitative estimate of drug-likeness (QED) is 0.671. The van der Waals surface area contributed by atoms with Gasteiger partial charge in [-0.25, -0.2) is 4.39 Å². The van der Waals surface area contributed by atoms with Crippen LogP contribution in [0.2, 0.25) is 0 Å². The number of nitrogens with one attached hydrogen (secondary N) is 1. The second-order valence-corrected chi connectivity index (χ2v) is 6.80. The van der Waals surface area contributed by atoms with Gasteiger partial charge in [0, 0.05) is 11.3 Å². The molecule has 128 valence electrons. The number of hydrogen-bond acceptors (Lipinski definition) is 3. The molecule has 1 N–H and O–H groups in total. The highest BCUT2D eigenvalue weighted by molar-refractivity contribution is 7.12. The minimum absolute atomic E-state index is 0.136. The fourth-order valence-corrected chi connectivity index (χ4v) is 3.30. The Morgan fingerprint density at radius 3 is 2.44 bits per heavy atom. The highest BCUT2D eigenvalue weighted by Crippen LogP contribution is 2.20. The van der Waals surface area contributed by atoms with E-state index in [1.807, 2.05) is 37.4 Å². The van der Waals surface area contributed by atoms with E-state index in [2.05, 4.69) is 11.4 Å². The van der Waals surface area contributed by atoms with Gasteiger partial charge in [-0.1, -0.05) is 6.07 Å². The largest absolute Gasteiger partial charge is 0.489 e. The van der Waals surface area contributed by atoms with Crippen molar-refractivity contribution in [3.63, 3.8) is 0 Å². The first-order valence-corrected chi connectivity index (χ1v) is 8.73. The molecular formula is C20H18FNO2S. The summed E-state index contributed by atoms with van der Waals surface area (Å²) in [5.41, 5.74) is 3.91. The summed E-state index contributed by atoms with van der Waals surface area (Å²) in [5.74, 6) is 0.157. The predicted molar refractivity (Wildman–Crippen MR) is 98.9 cm³/mol. The summed E-state index contributed by atoms with van der Waals surface area (Å²) in [4.78, 5) is 13.0. The normalized spacial score (nSPS) is 10.5. The van der Waals surface area contributed by atoms with Crippen LogP contribution in [-0.2, 0) is 6.61 Å². The molecule has 0 atom stereocenters. The molecule has 0 aliphatic carbocycles. The van der Waals surface area contributed by atoms with Crippen LogP contribution < -0.4 is 10.1 Å². The minimum Gasteiger partial charge on any atom is -0.489 e. The number of amides is 1. The Hall–Kier alpha value is -2.66. The molecule has 3 nitrogen and oxygen atoms in total. The van der Waals surface area contributed by atoms with E-state index in [0.717, 1.165) is 22.4 Å². The van der Waals surface area contributed by atoms with E-state index < -0.39 is 0 Å². The van der Waals surface area contributed by atoms with Gasteiger partial charge in [-0.15, -0.1) is 11.3 Å². The number of aryl methyl sites for hydroxylation is 2. The Kier molecular flexibility index (Phi) is 5.14. The fourth-order valence-electron chi connectivity index (χ4n) is 2.51. The van der Waals surface area contributed by atoms with Crippen molar-refractivity contribution >= 4 is 22.9 Å². The fraction of sp³-hybridized carbons (Fsp3) is 0.150. The monoisotopic (exact) mass is 355 g/mol. The number of carbonyl (C=O) groups excluding carboxylic acids is 1. The van der Waals surface area contributed by atoms with Crippen LogP contribution in [0.1, 0.15) is 26.4 Å². The van der Waals surface area contributed by atoms with Crippen molar-refractivity contribution in [2.24, 2.45) is 0 Å². The molecule has 0 bridgehead atoms. The van der Waals surface area contributed by atoms with Crippen molar-refractivity contribution in [3.8, 4) is 5.75 Å². The molecule has 0 spiro atoms. The van der Waals surface area contributed by atoms with Crippen LogP contribution in [-0.4, -0.2) is 5.91 Å². The first-order valence-electron chi connectivity index (χ1n) is 7.85. The first kappa shape index (κ1) is 17.2. The number of benzene rings is 2. The van der Waals surface area contributed by atoms with Gasteiger partial charge in [0.15, 0.2) is 0 Å². The highest BCUT2D eigenvalue weighted by atomic mass is 32.1. The maximum Gasteiger partial charge on any atom is 0.265 e. The molecule has 0 radical (unpaired) electrons. The Bertz CT molecular complexity index is 867. The maximum atomic E-state index is 12.9. The van der Waals surface area contributed by atoms with Crippen molar-refractivity contribution in [2.45, 2.75) is 20.5 Å². The molecule has 1 amide bonds. The number of halogens is 1. The van der Waals surface area contributed by atoms with Gasteiger partial charge < -0.3 is 10.1 Å². The van der Waals surface area contributed by atoms with Gasteiger partial charge in [0.2, 0.25) is 0 Å². The number of hydrogen-bond donors (Lipinski definition) is 1. The SMILES string of the molecule is Cc1cc(C)cc(NC(=O)c2cc(COc3ccc(F)cc3)cs2)c1. The van der Waals surface area contributed by atoms with Gasteiger partial charge in [0.25, 0.3) is 5.91 Å². The Balaban J connectivity index is 1.62. The molecule has 5 heteroatoms. The van der Waals surface area contributed by atoms with Crippen molar-refractivity contribution < 1.29 is 13.9 Å². The molecule has 0 saturated carbocycles. The van der Waals surface area contributed by atoms with Gasteiger partial charge >= 0.3 is 0 Å². The second kappa shape index (κ2) is 7.49. The van der Waals surface area contributed by atoms with Crippen LogP contribution in [0.5, 0.6) is 5.75 Å². The second-order valence-electron chi connectivity index (χ2n) is 5.89. The van der Waals surface area contributed by atoms with Gasteiger partial charge in [0.1, 0.15) is 18.2 Å². The summed E-state index contributed by atoms with van der Waals surface area (Å²) in [7, 11) is 0. The van der Waals surface area contributed by atoms with Gasteiger partial charge in [-0.3, -0.25) is 4.79 Å². The zero-order valence-corrected chi connectivity index (χ0v) is 14.8. The summed E-state index contributed by atoms with van der Waals surface area (Å²) in [5, 5.41) is 4.81. The van der Waals surface area contributed by atoms with Gasteiger partial charge in [-0.05, 0) is 72.8 Å². The molecular weight excluding hydrogens is 337 g/mol. The van der Waals surface area contributed by atoms with E-state index in [1.54, 1.807) is 12.1 Å². The molecule has 0 aliphatic rings. The van der Waals surface area contributed by atoms with Crippen molar-refractivity contribution in [1.29, 1.82) is 0 Å². The smallest absolute Gasteiger partial charge is 0.265 e. The molecule has 1 heterocycles. The minimum atomic E-state index is -0.298. The summed E-state index contributed by atoms with van der Waals surface area (Å²) in [6.07, 6.45) is 0. The Morgan fingerprint density at radius 1 is 1.08 bits per heavy atom. The molecule has 0 aliphatic heterocycles. The third-order valence-corrected chi connectivity index (χ3v) is 4.55. The zero-order valence-electron chi connectivity index (χ0n) is 14.0. The molecule has 1 aromatic heterocycles. The molecule has 3 rings (SSSR count). The summed E-state index contributed by atoms with van der Waals surface area (Å²) < 4.78 is 18.5. The van der Waals surface area contributed by atoms with Crippen molar-refractivity contribution in [3.05, 3.63) is 81.3 Å². The lowest BCUT2D eigenvalue weighted by Crippen LogP contribution is -2.10. The summed E-state index contributed by atoms with van der Waals surface area (Å²) in [6.45, 7) is 4.33. The van der Waals surface area contributed by atoms with Crippen LogP contribution in [0, 0.1) is 19.7 Å². The molecule has 25 heavy (non-hydrogen) atoms. The van der Waals surface area contributed by atoms with Crippen molar-refractivity contribution in [2.75, 3.05) is 5.32 Å². The Labute approximate surface area is 150 Å². The van der Waals surface area contributed by atoms with E-state index in [1.165, 1.54) is 23.5 Å². The molecule has 3 aromatic rings. The van der Waals surface area contributed by atoms with E-state index in [4.69, 9.17) is 4.74 Å². The van der Waals surface area contributed by atoms with Crippen LogP contribution in [0.4, 0.5) is 10.1 Å². The average molecular weight is 355 g/mol. The Morgan fingerprint density at radius 2 is 1.76 bits per heavy atom. The number of thiophene rings is 1. The zero-order chi connectivity index (χ0) is 17.8. The lowest BCUT2D eigenvalue weighted by atomic mass is 10.1. The third kappa shape index (κ3) is 4.67. The lowest BCUT2D eigenvalue weighted by Gasteiger charge is -2.06. The topological polar surface area (TPSA) is 38.3 Å². The summed E-state index contributed by atoms with van der Waals surface area (Å²) >= 11 is 1.37. The number of carbonyl (C=O) groups is 1. The van der Waals surface area contributed by atoms with Gasteiger partial charge in [0.05, 0.1) is 4.88 Å². The van der Waals surface area contributed by atoms with Crippen molar-refractivity contribution in [1.82, 2.24) is 0 Å². The third-order valence-electron chi connectivity index (χ3n) is 3.58. The van der Waals surface area contributed by atoms with Gasteiger partial charge in [-0.2, -0.15) is 0 Å². The van der Waals surface area contributed by atoms with E-state index in [9.17, 15) is 9.18 Å². The van der Waals surface area contributed by atoms with E-state index in [-0.39, 0.29) is 11.7 Å². The average Bonchev–Trinajstić information content (AvgIpc) is 3.02.